The number of aromatic nitrogens is 2. The van der Waals surface area contributed by atoms with Gasteiger partial charge in [-0.3, -0.25) is 4.68 Å². The Labute approximate surface area is 123 Å². The summed E-state index contributed by atoms with van der Waals surface area (Å²) >= 11 is 12.3. The summed E-state index contributed by atoms with van der Waals surface area (Å²) in [5, 5.41) is 5.69. The van der Waals surface area contributed by atoms with Gasteiger partial charge in [0.2, 0.25) is 0 Å². The van der Waals surface area contributed by atoms with E-state index in [1.54, 1.807) is 6.07 Å². The minimum absolute atomic E-state index is 0.542. The monoisotopic (exact) mass is 294 g/mol. The second-order valence-corrected chi connectivity index (χ2v) is 5.89. The van der Waals surface area contributed by atoms with Gasteiger partial charge in [0.25, 0.3) is 0 Å². The lowest BCUT2D eigenvalue weighted by Gasteiger charge is -2.21. The molecular formula is C15H16Cl2N2. The molecule has 100 valence electrons. The highest BCUT2D eigenvalue weighted by Gasteiger charge is 2.17. The van der Waals surface area contributed by atoms with E-state index in [2.05, 4.69) is 16.0 Å². The molecule has 1 aromatic carbocycles. The average Bonchev–Trinajstić information content (AvgIpc) is 2.92. The predicted octanol–water partition coefficient (Wildman–Crippen LogP) is 5.36. The van der Waals surface area contributed by atoms with E-state index in [1.807, 2.05) is 18.3 Å². The van der Waals surface area contributed by atoms with Crippen LogP contribution in [0.4, 0.5) is 0 Å². The minimum atomic E-state index is 0.542. The molecule has 2 aromatic rings. The third-order valence-corrected chi connectivity index (χ3v) is 4.63. The van der Waals surface area contributed by atoms with Crippen molar-refractivity contribution >= 4 is 23.2 Å². The van der Waals surface area contributed by atoms with Gasteiger partial charge in [0.1, 0.15) is 0 Å². The molecule has 1 aliphatic rings. The number of hydrogen-bond donors (Lipinski definition) is 0. The molecule has 4 heteroatoms. The van der Waals surface area contributed by atoms with Crippen molar-refractivity contribution in [2.24, 2.45) is 0 Å². The summed E-state index contributed by atoms with van der Waals surface area (Å²) in [6.07, 6.45) is 10.4. The van der Waals surface area contributed by atoms with E-state index in [-0.39, 0.29) is 0 Å². The largest absolute Gasteiger partial charge is 0.269 e. The fourth-order valence-electron chi connectivity index (χ4n) is 2.75. The van der Waals surface area contributed by atoms with Gasteiger partial charge in [0.15, 0.2) is 0 Å². The maximum absolute atomic E-state index is 6.25. The Hall–Kier alpha value is -0.990. The lowest BCUT2D eigenvalue weighted by molar-refractivity contribution is 0.329. The van der Waals surface area contributed by atoms with Gasteiger partial charge < -0.3 is 0 Å². The van der Waals surface area contributed by atoms with E-state index in [0.717, 1.165) is 11.1 Å². The summed E-state index contributed by atoms with van der Waals surface area (Å²) in [7, 11) is 0. The molecule has 0 atom stereocenters. The molecule has 0 radical (unpaired) electrons. The van der Waals surface area contributed by atoms with Crippen LogP contribution in [0.5, 0.6) is 0 Å². The highest BCUT2D eigenvalue weighted by molar-refractivity contribution is 6.43. The molecule has 1 aromatic heterocycles. The van der Waals surface area contributed by atoms with Gasteiger partial charge in [-0.1, -0.05) is 54.6 Å². The first-order chi connectivity index (χ1) is 9.25. The summed E-state index contributed by atoms with van der Waals surface area (Å²) in [4.78, 5) is 0. The van der Waals surface area contributed by atoms with Gasteiger partial charge in [-0.2, -0.15) is 5.10 Å². The Morgan fingerprint density at radius 1 is 1.11 bits per heavy atom. The molecule has 0 unspecified atom stereocenters. The standard InChI is InChI=1S/C15H16Cl2N2/c16-14-8-4-7-13(15(14)17)11-9-18-19(10-11)12-5-2-1-3-6-12/h4,7-10,12H,1-3,5-6H2. The Morgan fingerprint density at radius 3 is 2.68 bits per heavy atom. The summed E-state index contributed by atoms with van der Waals surface area (Å²) in [5.41, 5.74) is 1.99. The van der Waals surface area contributed by atoms with E-state index in [1.165, 1.54) is 32.1 Å². The predicted molar refractivity (Wildman–Crippen MR) is 79.8 cm³/mol. The zero-order valence-electron chi connectivity index (χ0n) is 10.6. The zero-order valence-corrected chi connectivity index (χ0v) is 12.2. The van der Waals surface area contributed by atoms with E-state index < -0.39 is 0 Å². The topological polar surface area (TPSA) is 17.8 Å². The van der Waals surface area contributed by atoms with Crippen LogP contribution in [-0.4, -0.2) is 9.78 Å². The molecule has 0 bridgehead atoms. The molecule has 0 N–H and O–H groups in total. The second-order valence-electron chi connectivity index (χ2n) is 5.10. The first kappa shape index (κ1) is 13.0. The Balaban J connectivity index is 1.90. The molecule has 1 saturated carbocycles. The van der Waals surface area contributed by atoms with Crippen LogP contribution in [0.2, 0.25) is 10.0 Å². The summed E-state index contributed by atoms with van der Waals surface area (Å²) in [5.74, 6) is 0. The highest BCUT2D eigenvalue weighted by Crippen LogP contribution is 2.34. The van der Waals surface area contributed by atoms with Crippen molar-refractivity contribution < 1.29 is 0 Å². The smallest absolute Gasteiger partial charge is 0.0671 e. The van der Waals surface area contributed by atoms with Crippen LogP contribution in [0.15, 0.2) is 30.6 Å². The van der Waals surface area contributed by atoms with Crippen molar-refractivity contribution in [2.75, 3.05) is 0 Å². The summed E-state index contributed by atoms with van der Waals surface area (Å²) in [6, 6.07) is 6.25. The van der Waals surface area contributed by atoms with Crippen LogP contribution in [-0.2, 0) is 0 Å². The molecule has 1 fully saturated rings. The fourth-order valence-corrected chi connectivity index (χ4v) is 3.16. The maximum atomic E-state index is 6.25. The number of rotatable bonds is 2. The van der Waals surface area contributed by atoms with Crippen LogP contribution in [0.3, 0.4) is 0 Å². The third kappa shape index (κ3) is 2.65. The minimum Gasteiger partial charge on any atom is -0.269 e. The third-order valence-electron chi connectivity index (χ3n) is 3.81. The van der Waals surface area contributed by atoms with Gasteiger partial charge in [-0.25, -0.2) is 0 Å². The Morgan fingerprint density at radius 2 is 1.89 bits per heavy atom. The Kier molecular flexibility index (Phi) is 3.81. The fraction of sp³-hybridized carbons (Fsp3) is 0.400. The SMILES string of the molecule is Clc1cccc(-c2cnn(C3CCCCC3)c2)c1Cl. The molecule has 0 aliphatic heterocycles. The number of halogens is 2. The number of hydrogen-bond acceptors (Lipinski definition) is 1. The van der Waals surface area contributed by atoms with Crippen molar-refractivity contribution in [2.45, 2.75) is 38.1 Å². The molecule has 0 spiro atoms. The van der Waals surface area contributed by atoms with Crippen molar-refractivity contribution in [1.29, 1.82) is 0 Å². The molecule has 19 heavy (non-hydrogen) atoms. The normalized spacial score (nSPS) is 16.7. The van der Waals surface area contributed by atoms with Crippen LogP contribution < -0.4 is 0 Å². The van der Waals surface area contributed by atoms with Gasteiger partial charge >= 0.3 is 0 Å². The molecule has 0 saturated heterocycles. The average molecular weight is 295 g/mol. The molecule has 2 nitrogen and oxygen atoms in total. The lowest BCUT2D eigenvalue weighted by atomic mass is 9.96. The zero-order chi connectivity index (χ0) is 13.2. The summed E-state index contributed by atoms with van der Waals surface area (Å²) < 4.78 is 2.09. The van der Waals surface area contributed by atoms with Gasteiger partial charge in [-0.15, -0.1) is 0 Å². The van der Waals surface area contributed by atoms with Crippen LogP contribution in [0.25, 0.3) is 11.1 Å². The summed E-state index contributed by atoms with van der Waals surface area (Å²) in [6.45, 7) is 0. The molecule has 0 amide bonds. The van der Waals surface area contributed by atoms with E-state index in [0.29, 0.717) is 16.1 Å². The molecular weight excluding hydrogens is 279 g/mol. The van der Waals surface area contributed by atoms with E-state index in [9.17, 15) is 0 Å². The van der Waals surface area contributed by atoms with Crippen LogP contribution in [0.1, 0.15) is 38.1 Å². The highest BCUT2D eigenvalue weighted by atomic mass is 35.5. The van der Waals surface area contributed by atoms with E-state index >= 15 is 0 Å². The van der Waals surface area contributed by atoms with Crippen molar-refractivity contribution in [3.05, 3.63) is 40.6 Å². The van der Waals surface area contributed by atoms with Crippen molar-refractivity contribution in [3.63, 3.8) is 0 Å². The second kappa shape index (κ2) is 5.56. The lowest BCUT2D eigenvalue weighted by Crippen LogP contribution is -2.12. The number of nitrogens with zero attached hydrogens (tertiary/aromatic N) is 2. The van der Waals surface area contributed by atoms with Crippen molar-refractivity contribution in [1.82, 2.24) is 9.78 Å². The molecule has 3 rings (SSSR count). The van der Waals surface area contributed by atoms with Gasteiger partial charge in [0, 0.05) is 17.3 Å². The molecule has 1 aliphatic carbocycles. The first-order valence-electron chi connectivity index (χ1n) is 6.74. The van der Waals surface area contributed by atoms with Crippen LogP contribution in [0, 0.1) is 0 Å². The van der Waals surface area contributed by atoms with Crippen molar-refractivity contribution in [3.8, 4) is 11.1 Å². The van der Waals surface area contributed by atoms with Crippen LogP contribution >= 0.6 is 23.2 Å². The van der Waals surface area contributed by atoms with Gasteiger partial charge in [0.05, 0.1) is 22.3 Å². The number of benzene rings is 1. The molecule has 1 heterocycles. The maximum Gasteiger partial charge on any atom is 0.0671 e. The first-order valence-corrected chi connectivity index (χ1v) is 7.50. The quantitative estimate of drug-likeness (QED) is 0.729. The van der Waals surface area contributed by atoms with Gasteiger partial charge in [-0.05, 0) is 18.9 Å². The van der Waals surface area contributed by atoms with E-state index in [4.69, 9.17) is 23.2 Å². The Bertz CT molecular complexity index is 571.